The maximum absolute atomic E-state index is 12.0. The average molecular weight is 348 g/mol. The first-order chi connectivity index (χ1) is 11.3. The van der Waals surface area contributed by atoms with Crippen LogP contribution >= 0.6 is 12.4 Å². The van der Waals surface area contributed by atoms with Gasteiger partial charge < -0.3 is 9.47 Å². The van der Waals surface area contributed by atoms with Gasteiger partial charge in [-0.1, -0.05) is 48.5 Å². The van der Waals surface area contributed by atoms with Crippen molar-refractivity contribution < 1.29 is 14.3 Å². The van der Waals surface area contributed by atoms with Crippen LogP contribution in [-0.2, 0) is 16.0 Å². The lowest BCUT2D eigenvalue weighted by atomic mass is 10.2. The zero-order valence-corrected chi connectivity index (χ0v) is 14.3. The van der Waals surface area contributed by atoms with Crippen LogP contribution in [0.15, 0.2) is 60.7 Å². The Bertz CT molecular complexity index is 621. The maximum Gasteiger partial charge on any atom is 0.338 e. The van der Waals surface area contributed by atoms with Crippen molar-refractivity contribution in [3.63, 3.8) is 0 Å². The first kappa shape index (κ1) is 18.5. The number of hydrogen-bond acceptors (Lipinski definition) is 4. The molecule has 128 valence electrons. The molecule has 4 nitrogen and oxygen atoms in total. The van der Waals surface area contributed by atoms with Crippen molar-refractivity contribution in [2.24, 2.45) is 0 Å². The van der Waals surface area contributed by atoms with E-state index >= 15 is 0 Å². The van der Waals surface area contributed by atoms with Gasteiger partial charge in [0.25, 0.3) is 0 Å². The number of halogens is 1. The van der Waals surface area contributed by atoms with E-state index in [0.717, 1.165) is 19.6 Å². The predicted molar refractivity (Wildman–Crippen MR) is 95.4 cm³/mol. The van der Waals surface area contributed by atoms with Crippen LogP contribution in [0.25, 0.3) is 0 Å². The van der Waals surface area contributed by atoms with Crippen molar-refractivity contribution in [3.05, 3.63) is 71.8 Å². The third-order valence-electron chi connectivity index (χ3n) is 3.88. The summed E-state index contributed by atoms with van der Waals surface area (Å²) in [6.45, 7) is 3.53. The van der Waals surface area contributed by atoms with Crippen LogP contribution in [0.2, 0.25) is 0 Å². The lowest BCUT2D eigenvalue weighted by Gasteiger charge is -2.32. The second-order valence-electron chi connectivity index (χ2n) is 5.68. The number of rotatable bonds is 5. The highest BCUT2D eigenvalue weighted by Gasteiger charge is 2.22. The monoisotopic (exact) mass is 347 g/mol. The Labute approximate surface area is 148 Å². The molecule has 0 amide bonds. The number of carbonyl (C=O) groups excluding carboxylic acids is 1. The second-order valence-corrected chi connectivity index (χ2v) is 5.68. The first-order valence-corrected chi connectivity index (χ1v) is 7.91. The highest BCUT2D eigenvalue weighted by Crippen LogP contribution is 2.11. The summed E-state index contributed by atoms with van der Waals surface area (Å²) in [6, 6.07) is 19.4. The minimum absolute atomic E-state index is 0. The van der Waals surface area contributed by atoms with E-state index < -0.39 is 0 Å². The largest absolute Gasteiger partial charge is 0.459 e. The van der Waals surface area contributed by atoms with Gasteiger partial charge in [0.05, 0.1) is 12.2 Å². The number of hydrogen-bond donors (Lipinski definition) is 0. The van der Waals surface area contributed by atoms with Crippen molar-refractivity contribution >= 4 is 18.4 Å². The van der Waals surface area contributed by atoms with Crippen LogP contribution in [0.4, 0.5) is 0 Å². The molecule has 1 saturated heterocycles. The van der Waals surface area contributed by atoms with E-state index in [4.69, 9.17) is 9.47 Å². The van der Waals surface area contributed by atoms with E-state index in [2.05, 4.69) is 29.2 Å². The number of carbonyl (C=O) groups is 1. The van der Waals surface area contributed by atoms with Crippen molar-refractivity contribution in [1.82, 2.24) is 4.90 Å². The van der Waals surface area contributed by atoms with Gasteiger partial charge in [-0.2, -0.15) is 0 Å². The highest BCUT2D eigenvalue weighted by atomic mass is 35.5. The van der Waals surface area contributed by atoms with Crippen LogP contribution in [0.1, 0.15) is 15.9 Å². The lowest BCUT2D eigenvalue weighted by Crippen LogP contribution is -2.44. The maximum atomic E-state index is 12.0. The zero-order chi connectivity index (χ0) is 15.9. The minimum Gasteiger partial charge on any atom is -0.459 e. The van der Waals surface area contributed by atoms with Crippen LogP contribution < -0.4 is 0 Å². The molecule has 0 N–H and O–H groups in total. The SMILES string of the molecule is Cl.O=C(OCC1CN(Cc2ccccc2)CCO1)c1ccccc1. The molecular formula is C19H22ClNO3. The normalized spacial score (nSPS) is 17.8. The molecular weight excluding hydrogens is 326 g/mol. The molecule has 1 fully saturated rings. The molecule has 0 spiro atoms. The smallest absolute Gasteiger partial charge is 0.338 e. The standard InChI is InChI=1S/C19H21NO3.ClH/c21-19(17-9-5-2-6-10-17)23-15-18-14-20(11-12-22-18)13-16-7-3-1-4-8-16;/h1-10,18H,11-15H2;1H. The predicted octanol–water partition coefficient (Wildman–Crippen LogP) is 3.17. The molecule has 3 rings (SSSR count). The molecule has 0 bridgehead atoms. The van der Waals surface area contributed by atoms with E-state index in [-0.39, 0.29) is 24.5 Å². The molecule has 0 saturated carbocycles. The third-order valence-corrected chi connectivity index (χ3v) is 3.88. The van der Waals surface area contributed by atoms with Crippen LogP contribution in [0.3, 0.4) is 0 Å². The topological polar surface area (TPSA) is 38.8 Å². The summed E-state index contributed by atoms with van der Waals surface area (Å²) in [5.41, 5.74) is 1.86. The van der Waals surface area contributed by atoms with Gasteiger partial charge in [0, 0.05) is 19.6 Å². The van der Waals surface area contributed by atoms with Gasteiger partial charge in [-0.15, -0.1) is 12.4 Å². The molecule has 1 aliphatic rings. The van der Waals surface area contributed by atoms with Crippen LogP contribution in [0, 0.1) is 0 Å². The molecule has 2 aromatic rings. The fourth-order valence-electron chi connectivity index (χ4n) is 2.69. The van der Waals surface area contributed by atoms with Crippen molar-refractivity contribution in [2.75, 3.05) is 26.3 Å². The quantitative estimate of drug-likeness (QED) is 0.779. The Kier molecular flexibility index (Phi) is 7.25. The number of benzene rings is 2. The highest BCUT2D eigenvalue weighted by molar-refractivity contribution is 5.89. The Morgan fingerprint density at radius 3 is 2.46 bits per heavy atom. The van der Waals surface area contributed by atoms with Gasteiger partial charge in [0.15, 0.2) is 0 Å². The first-order valence-electron chi connectivity index (χ1n) is 7.91. The van der Waals surface area contributed by atoms with E-state index in [1.165, 1.54) is 5.56 Å². The lowest BCUT2D eigenvalue weighted by molar-refractivity contribution is -0.0612. The van der Waals surface area contributed by atoms with Crippen LogP contribution in [-0.4, -0.2) is 43.3 Å². The Morgan fingerprint density at radius 1 is 1.08 bits per heavy atom. The molecule has 24 heavy (non-hydrogen) atoms. The zero-order valence-electron chi connectivity index (χ0n) is 13.5. The van der Waals surface area contributed by atoms with Crippen molar-refractivity contribution in [2.45, 2.75) is 12.6 Å². The summed E-state index contributed by atoms with van der Waals surface area (Å²) < 4.78 is 11.1. The summed E-state index contributed by atoms with van der Waals surface area (Å²) >= 11 is 0. The molecule has 0 aliphatic carbocycles. The van der Waals surface area contributed by atoms with Gasteiger partial charge in [0.1, 0.15) is 12.7 Å². The Hall–Kier alpha value is -1.88. The number of nitrogens with zero attached hydrogens (tertiary/aromatic N) is 1. The van der Waals surface area contributed by atoms with E-state index in [9.17, 15) is 4.79 Å². The van der Waals surface area contributed by atoms with Gasteiger partial charge >= 0.3 is 5.97 Å². The van der Waals surface area contributed by atoms with Crippen molar-refractivity contribution in [3.8, 4) is 0 Å². The molecule has 1 aliphatic heterocycles. The molecule has 1 atom stereocenters. The Balaban J connectivity index is 0.00000208. The fourth-order valence-corrected chi connectivity index (χ4v) is 2.69. The van der Waals surface area contributed by atoms with E-state index in [0.29, 0.717) is 18.8 Å². The van der Waals surface area contributed by atoms with Crippen molar-refractivity contribution in [1.29, 1.82) is 0 Å². The Morgan fingerprint density at radius 2 is 1.75 bits per heavy atom. The summed E-state index contributed by atoms with van der Waals surface area (Å²) in [4.78, 5) is 14.3. The molecule has 1 unspecified atom stereocenters. The molecule has 0 aromatic heterocycles. The minimum atomic E-state index is -0.297. The average Bonchev–Trinajstić information content (AvgIpc) is 2.62. The fraction of sp³-hybridized carbons (Fsp3) is 0.316. The van der Waals surface area contributed by atoms with Crippen LogP contribution in [0.5, 0.6) is 0 Å². The summed E-state index contributed by atoms with van der Waals surface area (Å²) in [5.74, 6) is -0.297. The van der Waals surface area contributed by atoms with Gasteiger partial charge in [0.2, 0.25) is 0 Å². The number of esters is 1. The number of ether oxygens (including phenoxy) is 2. The van der Waals surface area contributed by atoms with E-state index in [1.807, 2.05) is 24.3 Å². The van der Waals surface area contributed by atoms with Gasteiger partial charge in [-0.3, -0.25) is 4.90 Å². The second kappa shape index (κ2) is 9.42. The summed E-state index contributed by atoms with van der Waals surface area (Å²) in [7, 11) is 0. The molecule has 0 radical (unpaired) electrons. The van der Waals surface area contributed by atoms with Gasteiger partial charge in [-0.25, -0.2) is 4.79 Å². The van der Waals surface area contributed by atoms with Gasteiger partial charge in [-0.05, 0) is 17.7 Å². The van der Waals surface area contributed by atoms with E-state index in [1.54, 1.807) is 12.1 Å². The number of morpholine rings is 1. The summed E-state index contributed by atoms with van der Waals surface area (Å²) in [5, 5.41) is 0. The molecule has 5 heteroatoms. The molecule has 1 heterocycles. The third kappa shape index (κ3) is 5.34. The summed E-state index contributed by atoms with van der Waals surface area (Å²) in [6.07, 6.45) is -0.0693. The molecule has 2 aromatic carbocycles.